The number of nitrogens with one attached hydrogen (secondary N) is 1. The van der Waals surface area contributed by atoms with Gasteiger partial charge < -0.3 is 10.4 Å². The maximum Gasteiger partial charge on any atom is 0.155 e. The van der Waals surface area contributed by atoms with Crippen LogP contribution in [-0.4, -0.2) is 28.7 Å². The van der Waals surface area contributed by atoms with E-state index in [1.165, 1.54) is 44.9 Å². The zero-order valence-corrected chi connectivity index (χ0v) is 23.9. The molecule has 5 fully saturated rings. The van der Waals surface area contributed by atoms with Crippen LogP contribution in [0.3, 0.4) is 0 Å². The summed E-state index contributed by atoms with van der Waals surface area (Å²) >= 11 is 0. The van der Waals surface area contributed by atoms with Gasteiger partial charge in [-0.1, -0.05) is 31.4 Å². The number of carbonyl (C=O) groups excluding carboxylic acids is 1. The lowest BCUT2D eigenvalue weighted by Crippen LogP contribution is -2.51. The summed E-state index contributed by atoms with van der Waals surface area (Å²) in [5.74, 6) is 11.3. The van der Waals surface area contributed by atoms with Gasteiger partial charge in [0.1, 0.15) is 5.60 Å². The van der Waals surface area contributed by atoms with E-state index in [-0.39, 0.29) is 11.3 Å². The van der Waals surface area contributed by atoms with Crippen molar-refractivity contribution in [1.82, 2.24) is 5.32 Å². The molecule has 3 unspecified atom stereocenters. The van der Waals surface area contributed by atoms with Crippen molar-refractivity contribution >= 4 is 11.5 Å². The van der Waals surface area contributed by atoms with Gasteiger partial charge in [-0.05, 0) is 136 Å². The molecular formula is C35H46N2O2. The molecule has 6 rings (SSSR count). The van der Waals surface area contributed by atoms with E-state index in [0.717, 1.165) is 60.4 Å². The van der Waals surface area contributed by atoms with Crippen molar-refractivity contribution in [2.24, 2.45) is 51.8 Å². The maximum atomic E-state index is 13.6. The minimum absolute atomic E-state index is 0.132. The second-order valence-corrected chi connectivity index (χ2v) is 13.6. The first kappa shape index (κ1) is 26.8. The topological polar surface area (TPSA) is 61.7 Å². The van der Waals surface area contributed by atoms with Crippen LogP contribution < -0.4 is 5.32 Å². The Balaban J connectivity index is 1.08. The molecule has 6 aliphatic carbocycles. The van der Waals surface area contributed by atoms with Gasteiger partial charge >= 0.3 is 0 Å². The third kappa shape index (κ3) is 5.13. The Bertz CT molecular complexity index is 1190. The maximum absolute atomic E-state index is 13.6. The van der Waals surface area contributed by atoms with E-state index in [1.54, 1.807) is 6.20 Å². The number of rotatable bonds is 5. The molecule has 6 aliphatic rings. The Morgan fingerprint density at radius 2 is 1.92 bits per heavy atom. The van der Waals surface area contributed by atoms with Gasteiger partial charge in [0.25, 0.3) is 0 Å². The highest BCUT2D eigenvalue weighted by Crippen LogP contribution is 2.64. The average molecular weight is 527 g/mol. The van der Waals surface area contributed by atoms with Crippen molar-refractivity contribution in [1.29, 1.82) is 0 Å². The van der Waals surface area contributed by atoms with Crippen LogP contribution in [0.4, 0.5) is 0 Å². The molecule has 0 aromatic carbocycles. The van der Waals surface area contributed by atoms with Crippen LogP contribution in [0.25, 0.3) is 0 Å². The largest absolute Gasteiger partial charge is 0.378 e. The van der Waals surface area contributed by atoms with Crippen LogP contribution in [0.15, 0.2) is 53.3 Å². The highest BCUT2D eigenvalue weighted by Gasteiger charge is 2.58. The van der Waals surface area contributed by atoms with Crippen molar-refractivity contribution in [3.8, 4) is 11.8 Å². The van der Waals surface area contributed by atoms with E-state index in [1.807, 2.05) is 25.2 Å². The molecular weight excluding hydrogens is 480 g/mol. The number of hydrogen-bond donors (Lipinski definition) is 2. The molecule has 208 valence electrons. The number of allylic oxidation sites excluding steroid dienone is 5. The smallest absolute Gasteiger partial charge is 0.155 e. The predicted octanol–water partition coefficient (Wildman–Crippen LogP) is 6.54. The molecule has 4 heteroatoms. The lowest BCUT2D eigenvalue weighted by Gasteiger charge is -2.56. The van der Waals surface area contributed by atoms with E-state index in [9.17, 15) is 9.90 Å². The number of hydrogen-bond acceptors (Lipinski definition) is 4. The number of nitrogens with zero attached hydrogens (tertiary/aromatic N) is 1. The summed E-state index contributed by atoms with van der Waals surface area (Å²) < 4.78 is 0. The third-order valence-corrected chi connectivity index (χ3v) is 11.5. The molecule has 0 radical (unpaired) electrons. The summed E-state index contributed by atoms with van der Waals surface area (Å²) in [7, 11) is 0. The molecule has 0 aliphatic heterocycles. The van der Waals surface area contributed by atoms with E-state index < -0.39 is 5.60 Å². The van der Waals surface area contributed by atoms with E-state index in [0.29, 0.717) is 30.1 Å². The van der Waals surface area contributed by atoms with E-state index in [4.69, 9.17) is 0 Å². The lowest BCUT2D eigenvalue weighted by atomic mass is 9.49. The highest BCUT2D eigenvalue weighted by atomic mass is 16.3. The second-order valence-electron chi connectivity index (χ2n) is 13.6. The summed E-state index contributed by atoms with van der Waals surface area (Å²) in [5, 5.41) is 14.7. The fourth-order valence-corrected chi connectivity index (χ4v) is 9.41. The molecule has 39 heavy (non-hydrogen) atoms. The molecule has 0 bridgehead atoms. The third-order valence-electron chi connectivity index (χ3n) is 11.5. The number of aliphatic imine (C=N–C) groups is 1. The van der Waals surface area contributed by atoms with E-state index in [2.05, 4.69) is 41.7 Å². The number of carbonyl (C=O) groups is 1. The molecule has 0 amide bonds. The summed E-state index contributed by atoms with van der Waals surface area (Å²) in [6.45, 7) is 8.55. The van der Waals surface area contributed by atoms with Gasteiger partial charge in [-0.2, -0.15) is 0 Å². The van der Waals surface area contributed by atoms with Crippen molar-refractivity contribution in [2.75, 3.05) is 6.54 Å². The molecule has 4 nitrogen and oxygen atoms in total. The normalized spacial score (nSPS) is 43.0. The predicted molar refractivity (Wildman–Crippen MR) is 158 cm³/mol. The minimum Gasteiger partial charge on any atom is -0.378 e. The first-order valence-corrected chi connectivity index (χ1v) is 15.6. The molecule has 0 aromatic rings. The molecule has 5 saturated carbocycles. The zero-order valence-electron chi connectivity index (χ0n) is 23.9. The molecule has 0 saturated heterocycles. The Kier molecular flexibility index (Phi) is 7.25. The van der Waals surface area contributed by atoms with Crippen molar-refractivity contribution < 1.29 is 9.90 Å². The molecule has 2 N–H and O–H groups in total. The van der Waals surface area contributed by atoms with Gasteiger partial charge in [0, 0.05) is 23.7 Å². The van der Waals surface area contributed by atoms with Crippen LogP contribution in [0.5, 0.6) is 0 Å². The Labute approximate surface area is 235 Å². The molecule has 0 heterocycles. The van der Waals surface area contributed by atoms with Gasteiger partial charge in [-0.15, -0.1) is 0 Å². The van der Waals surface area contributed by atoms with Gasteiger partial charge in [0.2, 0.25) is 0 Å². The molecule has 0 aromatic heterocycles. The van der Waals surface area contributed by atoms with Gasteiger partial charge in [-0.25, -0.2) is 0 Å². The van der Waals surface area contributed by atoms with E-state index >= 15 is 0 Å². The molecule has 0 spiro atoms. The van der Waals surface area contributed by atoms with Gasteiger partial charge in [0.15, 0.2) is 5.78 Å². The number of ketones is 1. The Hall–Kier alpha value is -2.38. The number of fused-ring (bicyclic) bond motifs is 5. The Morgan fingerprint density at radius 3 is 2.69 bits per heavy atom. The number of aliphatic hydroxyl groups is 1. The summed E-state index contributed by atoms with van der Waals surface area (Å²) in [6.07, 6.45) is 22.2. The highest BCUT2D eigenvalue weighted by molar-refractivity contribution is 6.12. The van der Waals surface area contributed by atoms with Gasteiger partial charge in [0.05, 0.1) is 12.3 Å². The molecule has 8 atom stereocenters. The fraction of sp³-hybridized carbons (Fsp3) is 0.657. The monoisotopic (exact) mass is 526 g/mol. The van der Waals surface area contributed by atoms with Crippen molar-refractivity contribution in [3.63, 3.8) is 0 Å². The first-order chi connectivity index (χ1) is 18.8. The zero-order chi connectivity index (χ0) is 27.2. The Morgan fingerprint density at radius 1 is 1.10 bits per heavy atom. The first-order valence-electron chi connectivity index (χ1n) is 15.6. The summed E-state index contributed by atoms with van der Waals surface area (Å²) in [6, 6.07) is 0. The van der Waals surface area contributed by atoms with Crippen molar-refractivity contribution in [2.45, 2.75) is 90.1 Å². The number of Topliss-reactive ketones (excluding diaryl/α,β-unsaturated/α-hetero) is 1. The summed E-state index contributed by atoms with van der Waals surface area (Å²) in [5.41, 5.74) is 2.31. The van der Waals surface area contributed by atoms with Crippen molar-refractivity contribution in [3.05, 3.63) is 48.4 Å². The SMILES string of the molecule is C=CN=C1C=CC(NCC(=O)[C@H]2CCC3C4CC[C@@H]5C[C@@](O)(C#CC6CC6)CC[C@@H]5C4CC[C@@]32C)=C/C1=C/C. The fourth-order valence-electron chi connectivity index (χ4n) is 9.41. The van der Waals surface area contributed by atoms with Crippen LogP contribution in [-0.2, 0) is 4.79 Å². The van der Waals surface area contributed by atoms with Crippen LogP contribution >= 0.6 is 0 Å². The van der Waals surface area contributed by atoms with Crippen LogP contribution in [0.1, 0.15) is 84.5 Å². The van der Waals surface area contributed by atoms with Crippen LogP contribution in [0, 0.1) is 58.7 Å². The lowest BCUT2D eigenvalue weighted by molar-refractivity contribution is -0.130. The second kappa shape index (κ2) is 10.5. The standard InChI is InChI=1S/C35H46N2O2/c1-4-24-20-26(9-13-32(24)36-5-2)37-22-33(38)31-12-11-30-29-10-8-25-21-35(39,18-14-23-6-7-23)19-16-27(25)28(29)15-17-34(30,31)3/h4-5,9,13,20,23,25,27-31,37,39H,2,6-8,10-12,15-17,19,21-22H2,1,3H3/b24-4-,36-32?/t25-,27+,28?,29?,30?,31-,34+,35-/m1/s1. The summed E-state index contributed by atoms with van der Waals surface area (Å²) in [4.78, 5) is 18.0. The quantitative estimate of drug-likeness (QED) is 0.400. The van der Waals surface area contributed by atoms with Crippen LogP contribution in [0.2, 0.25) is 0 Å². The minimum atomic E-state index is -0.742. The van der Waals surface area contributed by atoms with Gasteiger partial charge in [-0.3, -0.25) is 9.79 Å². The average Bonchev–Trinajstić information content (AvgIpc) is 3.70.